The lowest BCUT2D eigenvalue weighted by atomic mass is 9.77. The summed E-state index contributed by atoms with van der Waals surface area (Å²) in [5.41, 5.74) is -0.441. The molecule has 5 aliphatic rings. The second-order valence-corrected chi connectivity index (χ2v) is 8.54. The minimum Gasteiger partial charge on any atom is -0.472 e. The van der Waals surface area contributed by atoms with Crippen molar-refractivity contribution in [1.82, 2.24) is 0 Å². The summed E-state index contributed by atoms with van der Waals surface area (Å²) < 4.78 is 28.2. The maximum atomic E-state index is 12.3. The van der Waals surface area contributed by atoms with Crippen molar-refractivity contribution in [3.05, 3.63) is 24.0 Å². The topological polar surface area (TPSA) is 161 Å². The van der Waals surface area contributed by atoms with Gasteiger partial charge in [0.2, 0.25) is 6.29 Å². The third-order valence-electron chi connectivity index (χ3n) is 6.81. The van der Waals surface area contributed by atoms with Crippen LogP contribution in [0, 0.1) is 17.8 Å². The second-order valence-electron chi connectivity index (χ2n) is 8.54. The van der Waals surface area contributed by atoms with Gasteiger partial charge in [-0.3, -0.25) is 9.59 Å². The Balaban J connectivity index is 1.31. The van der Waals surface area contributed by atoms with Gasteiger partial charge >= 0.3 is 5.97 Å². The highest BCUT2D eigenvalue weighted by atomic mass is 16.7. The third-order valence-corrected chi connectivity index (χ3v) is 6.81. The van der Waals surface area contributed by atoms with E-state index in [2.05, 4.69) is 0 Å². The monoisotopic (exact) mass is 440 g/mol. The Hall–Kier alpha value is -1.86. The van der Waals surface area contributed by atoms with Gasteiger partial charge in [-0.1, -0.05) is 6.08 Å². The third kappa shape index (κ3) is 2.92. The normalized spacial score (nSPS) is 49.8. The molecule has 3 saturated heterocycles. The summed E-state index contributed by atoms with van der Waals surface area (Å²) in [6.45, 7) is 0.701. The molecule has 0 aromatic heterocycles. The molecule has 0 aromatic rings. The first-order valence-corrected chi connectivity index (χ1v) is 10.1. The summed E-state index contributed by atoms with van der Waals surface area (Å²) in [6.07, 6.45) is -3.32. The smallest absolute Gasteiger partial charge is 0.320 e. The summed E-state index contributed by atoms with van der Waals surface area (Å²) in [7, 11) is 0. The Kier molecular flexibility index (Phi) is 4.97. The highest BCUT2D eigenvalue weighted by molar-refractivity contribution is 6.00. The van der Waals surface area contributed by atoms with E-state index in [4.69, 9.17) is 23.7 Å². The van der Waals surface area contributed by atoms with Crippen molar-refractivity contribution in [2.24, 2.45) is 17.8 Å². The predicted octanol–water partition coefficient (Wildman–Crippen LogP) is -2.26. The average Bonchev–Trinajstić information content (AvgIpc) is 3.34. The maximum absolute atomic E-state index is 12.3. The molecule has 1 spiro atoms. The highest BCUT2D eigenvalue weighted by Crippen LogP contribution is 2.58. The van der Waals surface area contributed by atoms with Crippen molar-refractivity contribution in [2.75, 3.05) is 13.2 Å². The van der Waals surface area contributed by atoms with Crippen LogP contribution in [-0.2, 0) is 33.3 Å². The number of esters is 1. The van der Waals surface area contributed by atoms with Crippen molar-refractivity contribution in [3.8, 4) is 0 Å². The largest absolute Gasteiger partial charge is 0.472 e. The van der Waals surface area contributed by atoms with E-state index in [9.17, 15) is 30.0 Å². The number of hydrogen-bond donors (Lipinski definition) is 4. The van der Waals surface area contributed by atoms with Gasteiger partial charge in [-0.15, -0.1) is 0 Å². The number of ether oxygens (including phenoxy) is 5. The van der Waals surface area contributed by atoms with Gasteiger partial charge in [-0.25, -0.2) is 0 Å². The number of carbonyl (C=O) groups is 2. The van der Waals surface area contributed by atoms with Crippen molar-refractivity contribution >= 4 is 11.8 Å². The molecule has 11 heteroatoms. The van der Waals surface area contributed by atoms with Crippen molar-refractivity contribution in [3.63, 3.8) is 0 Å². The van der Waals surface area contributed by atoms with E-state index < -0.39 is 73.1 Å². The lowest BCUT2D eigenvalue weighted by Crippen LogP contribution is -2.59. The number of aliphatic hydroxyl groups is 4. The van der Waals surface area contributed by atoms with Crippen molar-refractivity contribution < 1.29 is 53.7 Å². The second kappa shape index (κ2) is 7.34. The van der Waals surface area contributed by atoms with Gasteiger partial charge < -0.3 is 44.1 Å². The number of allylic oxidation sites excluding steroid dienone is 1. The molecule has 11 unspecified atom stereocenters. The van der Waals surface area contributed by atoms with Crippen molar-refractivity contribution in [1.29, 1.82) is 0 Å². The van der Waals surface area contributed by atoms with Crippen LogP contribution in [-0.4, -0.2) is 94.1 Å². The number of ketones is 1. The van der Waals surface area contributed by atoms with E-state index in [1.165, 1.54) is 13.2 Å². The van der Waals surface area contributed by atoms with Gasteiger partial charge in [0.25, 0.3) is 0 Å². The van der Waals surface area contributed by atoms with Crippen LogP contribution in [0.2, 0.25) is 0 Å². The fourth-order valence-electron chi connectivity index (χ4n) is 5.22. The summed E-state index contributed by atoms with van der Waals surface area (Å²) in [5, 5.41) is 39.2. The van der Waals surface area contributed by atoms with Crippen LogP contribution < -0.4 is 0 Å². The Morgan fingerprint density at radius 3 is 2.68 bits per heavy atom. The minimum atomic E-state index is -1.54. The standard InChI is InChI=1S/C20H24O11/c1-7(22)11-16-20(31-17(11)26)3-2-9-8(5-27-18(30-16)12(9)20)6-28-19-15(25)14(24)13(23)10(4-21)29-19/h2-3,5,9-16,18-19,21,23-25H,4,6H2,1H3. The van der Waals surface area contributed by atoms with Crippen LogP contribution in [0.25, 0.3) is 0 Å². The predicted molar refractivity (Wildman–Crippen MR) is 96.7 cm³/mol. The van der Waals surface area contributed by atoms with Crippen LogP contribution in [0.3, 0.4) is 0 Å². The molecule has 0 radical (unpaired) electrons. The molecule has 0 saturated carbocycles. The fraction of sp³-hybridized carbons (Fsp3) is 0.700. The first-order valence-electron chi connectivity index (χ1n) is 10.1. The SMILES string of the molecule is CC(=O)C1C(=O)OC23C=CC4C(COC5OC(CO)C(O)C(O)C5O)=COC(OC12)C43. The molecule has 5 rings (SSSR count). The van der Waals surface area contributed by atoms with E-state index >= 15 is 0 Å². The van der Waals surface area contributed by atoms with Gasteiger partial charge in [-0.05, 0) is 18.6 Å². The summed E-state index contributed by atoms with van der Waals surface area (Å²) in [5.74, 6) is -2.63. The Morgan fingerprint density at radius 2 is 1.97 bits per heavy atom. The van der Waals surface area contributed by atoms with E-state index in [0.29, 0.717) is 5.57 Å². The molecule has 11 nitrogen and oxygen atoms in total. The molecular weight excluding hydrogens is 416 g/mol. The highest BCUT2D eigenvalue weighted by Gasteiger charge is 2.72. The van der Waals surface area contributed by atoms with Gasteiger partial charge in [-0.2, -0.15) is 0 Å². The van der Waals surface area contributed by atoms with E-state index in [1.807, 2.05) is 6.08 Å². The number of carbonyl (C=O) groups excluding carboxylic acids is 2. The number of rotatable bonds is 5. The van der Waals surface area contributed by atoms with Gasteiger partial charge in [0.15, 0.2) is 11.9 Å². The molecule has 4 heterocycles. The van der Waals surface area contributed by atoms with Gasteiger partial charge in [0, 0.05) is 5.92 Å². The molecule has 4 N–H and O–H groups in total. The Labute approximate surface area is 176 Å². The molecule has 170 valence electrons. The summed E-state index contributed by atoms with van der Waals surface area (Å²) in [4.78, 5) is 24.3. The molecular formula is C20H24O11. The van der Waals surface area contributed by atoms with Gasteiger partial charge in [0.05, 0.1) is 25.4 Å². The lowest BCUT2D eigenvalue weighted by Gasteiger charge is -2.40. The number of hydrogen-bond acceptors (Lipinski definition) is 11. The summed E-state index contributed by atoms with van der Waals surface area (Å²) >= 11 is 0. The first-order chi connectivity index (χ1) is 14.8. The van der Waals surface area contributed by atoms with Crippen LogP contribution in [0.4, 0.5) is 0 Å². The Morgan fingerprint density at radius 1 is 1.19 bits per heavy atom. The molecule has 4 aliphatic heterocycles. The number of aliphatic hydroxyl groups excluding tert-OH is 4. The van der Waals surface area contributed by atoms with Gasteiger partial charge in [0.1, 0.15) is 42.2 Å². The van der Waals surface area contributed by atoms with Crippen molar-refractivity contribution in [2.45, 2.75) is 55.6 Å². The molecule has 0 aromatic carbocycles. The zero-order valence-electron chi connectivity index (χ0n) is 16.6. The fourth-order valence-corrected chi connectivity index (χ4v) is 5.22. The lowest BCUT2D eigenvalue weighted by molar-refractivity contribution is -0.299. The summed E-state index contributed by atoms with van der Waals surface area (Å²) in [6, 6.07) is 0. The maximum Gasteiger partial charge on any atom is 0.320 e. The molecule has 31 heavy (non-hydrogen) atoms. The van der Waals surface area contributed by atoms with Crippen LogP contribution in [0.15, 0.2) is 24.0 Å². The zero-order chi connectivity index (χ0) is 22.1. The van der Waals surface area contributed by atoms with E-state index in [1.54, 1.807) is 6.08 Å². The molecule has 0 amide bonds. The quantitative estimate of drug-likeness (QED) is 0.208. The molecule has 3 fully saturated rings. The average molecular weight is 440 g/mol. The van der Waals surface area contributed by atoms with Crippen LogP contribution >= 0.6 is 0 Å². The number of Topliss-reactive ketones (excluding diaryl/α,β-unsaturated/α-hetero) is 1. The Bertz CT molecular complexity index is 837. The first kappa shape index (κ1) is 21.0. The van der Waals surface area contributed by atoms with E-state index in [-0.39, 0.29) is 18.3 Å². The molecule has 1 aliphatic carbocycles. The molecule has 11 atom stereocenters. The minimum absolute atomic E-state index is 0.0637. The van der Waals surface area contributed by atoms with Crippen LogP contribution in [0.5, 0.6) is 0 Å². The van der Waals surface area contributed by atoms with Crippen LogP contribution in [0.1, 0.15) is 6.92 Å². The molecule has 0 bridgehead atoms. The van der Waals surface area contributed by atoms with E-state index in [0.717, 1.165) is 0 Å². The zero-order valence-corrected chi connectivity index (χ0v) is 16.6.